The Morgan fingerprint density at radius 1 is 1.19 bits per heavy atom. The predicted molar refractivity (Wildman–Crippen MR) is 112 cm³/mol. The summed E-state index contributed by atoms with van der Waals surface area (Å²) in [5, 5.41) is 9.55. The third-order valence-corrected chi connectivity index (χ3v) is 6.12. The van der Waals surface area contributed by atoms with E-state index in [0.717, 1.165) is 33.6 Å². The van der Waals surface area contributed by atoms with Gasteiger partial charge in [-0.2, -0.15) is 23.1 Å². The maximum absolute atomic E-state index is 12.4. The highest BCUT2D eigenvalue weighted by Crippen LogP contribution is 2.25. The van der Waals surface area contributed by atoms with Crippen molar-refractivity contribution >= 4 is 39.8 Å². The number of methoxy groups -OCH3 is 1. The first kappa shape index (κ1) is 18.8. The van der Waals surface area contributed by atoms with E-state index in [-0.39, 0.29) is 11.8 Å². The van der Waals surface area contributed by atoms with Crippen LogP contribution in [0.1, 0.15) is 24.0 Å². The Kier molecular flexibility index (Phi) is 6.58. The van der Waals surface area contributed by atoms with Gasteiger partial charge in [0.2, 0.25) is 5.91 Å². The first-order valence-electron chi connectivity index (χ1n) is 8.61. The molecule has 3 nitrogen and oxygen atoms in total. The van der Waals surface area contributed by atoms with E-state index in [0.29, 0.717) is 6.54 Å². The SMILES string of the molecule is COc1ccc2cc([C@H](C)C(=O)NCCSCc3ccsc3)ccc2c1. The van der Waals surface area contributed by atoms with Crippen LogP contribution in [0.5, 0.6) is 5.75 Å². The smallest absolute Gasteiger partial charge is 0.227 e. The van der Waals surface area contributed by atoms with Crippen molar-refractivity contribution < 1.29 is 9.53 Å². The minimum atomic E-state index is -0.164. The Balaban J connectivity index is 1.51. The van der Waals surface area contributed by atoms with Crippen LogP contribution >= 0.6 is 23.1 Å². The van der Waals surface area contributed by atoms with Gasteiger partial charge in [-0.25, -0.2) is 0 Å². The number of carbonyl (C=O) groups excluding carboxylic acids is 1. The van der Waals surface area contributed by atoms with E-state index in [1.165, 1.54) is 5.56 Å². The van der Waals surface area contributed by atoms with E-state index in [1.807, 2.05) is 49.0 Å². The lowest BCUT2D eigenvalue weighted by Crippen LogP contribution is -2.29. The predicted octanol–water partition coefficient (Wildman–Crippen LogP) is 5.06. The monoisotopic (exact) mass is 385 g/mol. The maximum atomic E-state index is 12.4. The third-order valence-electron chi connectivity index (χ3n) is 4.36. The number of benzene rings is 2. The molecule has 1 atom stereocenters. The van der Waals surface area contributed by atoms with Crippen molar-refractivity contribution in [2.75, 3.05) is 19.4 Å². The Morgan fingerprint density at radius 2 is 2.00 bits per heavy atom. The normalized spacial score (nSPS) is 12.1. The number of fused-ring (bicyclic) bond motifs is 1. The summed E-state index contributed by atoms with van der Waals surface area (Å²) < 4.78 is 5.26. The van der Waals surface area contributed by atoms with Gasteiger partial charge < -0.3 is 10.1 Å². The number of carbonyl (C=O) groups is 1. The van der Waals surface area contributed by atoms with Gasteiger partial charge in [-0.1, -0.05) is 24.3 Å². The number of rotatable bonds is 8. The van der Waals surface area contributed by atoms with Crippen LogP contribution in [-0.4, -0.2) is 25.3 Å². The molecule has 0 saturated heterocycles. The number of hydrogen-bond donors (Lipinski definition) is 1. The lowest BCUT2D eigenvalue weighted by atomic mass is 9.97. The van der Waals surface area contributed by atoms with E-state index in [1.54, 1.807) is 18.4 Å². The molecular formula is C21H23NO2S2. The highest BCUT2D eigenvalue weighted by atomic mass is 32.2. The van der Waals surface area contributed by atoms with E-state index in [2.05, 4.69) is 28.2 Å². The molecule has 26 heavy (non-hydrogen) atoms. The highest BCUT2D eigenvalue weighted by molar-refractivity contribution is 7.98. The van der Waals surface area contributed by atoms with Gasteiger partial charge in [-0.3, -0.25) is 4.79 Å². The molecule has 1 heterocycles. The van der Waals surface area contributed by atoms with Gasteiger partial charge in [0.25, 0.3) is 0 Å². The number of nitrogens with one attached hydrogen (secondary N) is 1. The van der Waals surface area contributed by atoms with Gasteiger partial charge in [0.1, 0.15) is 5.75 Å². The second kappa shape index (κ2) is 9.10. The van der Waals surface area contributed by atoms with Crippen LogP contribution in [0.25, 0.3) is 10.8 Å². The zero-order chi connectivity index (χ0) is 18.4. The van der Waals surface area contributed by atoms with E-state index < -0.39 is 0 Å². The highest BCUT2D eigenvalue weighted by Gasteiger charge is 2.15. The summed E-state index contributed by atoms with van der Waals surface area (Å²) in [7, 11) is 1.67. The summed E-state index contributed by atoms with van der Waals surface area (Å²) in [5.41, 5.74) is 2.39. The summed E-state index contributed by atoms with van der Waals surface area (Å²) in [6, 6.07) is 14.3. The van der Waals surface area contributed by atoms with Gasteiger partial charge in [0.05, 0.1) is 13.0 Å². The van der Waals surface area contributed by atoms with Gasteiger partial charge in [-0.05, 0) is 57.8 Å². The molecule has 1 aromatic heterocycles. The minimum absolute atomic E-state index is 0.0778. The Labute approximate surface area is 162 Å². The van der Waals surface area contributed by atoms with Crippen molar-refractivity contribution in [3.8, 4) is 5.75 Å². The molecule has 1 N–H and O–H groups in total. The molecule has 5 heteroatoms. The van der Waals surface area contributed by atoms with Crippen LogP contribution < -0.4 is 10.1 Å². The van der Waals surface area contributed by atoms with Crippen molar-refractivity contribution in [1.82, 2.24) is 5.32 Å². The largest absolute Gasteiger partial charge is 0.497 e. The number of amides is 1. The molecule has 3 rings (SSSR count). The summed E-state index contributed by atoms with van der Waals surface area (Å²) >= 11 is 3.57. The van der Waals surface area contributed by atoms with Crippen molar-refractivity contribution in [2.45, 2.75) is 18.6 Å². The van der Waals surface area contributed by atoms with Crippen LogP contribution in [0.15, 0.2) is 53.2 Å². The number of hydrogen-bond acceptors (Lipinski definition) is 4. The first-order valence-corrected chi connectivity index (χ1v) is 10.7. The van der Waals surface area contributed by atoms with Crippen LogP contribution in [0, 0.1) is 0 Å². The number of ether oxygens (including phenoxy) is 1. The van der Waals surface area contributed by atoms with Crippen molar-refractivity contribution in [3.05, 3.63) is 64.4 Å². The summed E-state index contributed by atoms with van der Waals surface area (Å²) in [6.07, 6.45) is 0. The number of thioether (sulfide) groups is 1. The maximum Gasteiger partial charge on any atom is 0.227 e. The molecule has 3 aromatic rings. The molecule has 0 fully saturated rings. The van der Waals surface area contributed by atoms with Gasteiger partial charge in [0.15, 0.2) is 0 Å². The van der Waals surface area contributed by atoms with Crippen molar-refractivity contribution in [3.63, 3.8) is 0 Å². The molecule has 0 saturated carbocycles. The molecule has 0 aliphatic rings. The molecule has 1 amide bonds. The van der Waals surface area contributed by atoms with Crippen LogP contribution in [0.3, 0.4) is 0 Å². The quantitative estimate of drug-likeness (QED) is 0.551. The fraction of sp³-hybridized carbons (Fsp3) is 0.286. The Bertz CT molecular complexity index is 862. The zero-order valence-corrected chi connectivity index (χ0v) is 16.7. The summed E-state index contributed by atoms with van der Waals surface area (Å²) in [6.45, 7) is 2.65. The molecule has 0 radical (unpaired) electrons. The van der Waals surface area contributed by atoms with Crippen LogP contribution in [0.2, 0.25) is 0 Å². The van der Waals surface area contributed by atoms with E-state index in [9.17, 15) is 4.79 Å². The molecule has 0 aliphatic heterocycles. The Morgan fingerprint density at radius 3 is 2.77 bits per heavy atom. The molecule has 0 spiro atoms. The fourth-order valence-electron chi connectivity index (χ4n) is 2.75. The second-order valence-electron chi connectivity index (χ2n) is 6.17. The minimum Gasteiger partial charge on any atom is -0.497 e. The molecular weight excluding hydrogens is 362 g/mol. The van der Waals surface area contributed by atoms with E-state index >= 15 is 0 Å². The van der Waals surface area contributed by atoms with Gasteiger partial charge >= 0.3 is 0 Å². The lowest BCUT2D eigenvalue weighted by molar-refractivity contribution is -0.122. The van der Waals surface area contributed by atoms with Crippen molar-refractivity contribution in [1.29, 1.82) is 0 Å². The molecule has 2 aromatic carbocycles. The van der Waals surface area contributed by atoms with Gasteiger partial charge in [-0.15, -0.1) is 0 Å². The molecule has 0 aliphatic carbocycles. The standard InChI is InChI=1S/C21H23NO2S2/c1-15(21(23)22-8-10-26-14-16-7-9-25-13-16)17-3-4-19-12-20(24-2)6-5-18(19)11-17/h3-7,9,11-13,15H,8,10,14H2,1-2H3,(H,22,23)/t15-/m0/s1. The zero-order valence-electron chi connectivity index (χ0n) is 15.0. The fourth-order valence-corrected chi connectivity index (χ4v) is 4.33. The average Bonchev–Trinajstić information content (AvgIpc) is 3.19. The molecule has 0 bridgehead atoms. The van der Waals surface area contributed by atoms with Crippen LogP contribution in [0.4, 0.5) is 0 Å². The van der Waals surface area contributed by atoms with Crippen molar-refractivity contribution in [2.24, 2.45) is 0 Å². The summed E-state index contributed by atoms with van der Waals surface area (Å²) in [4.78, 5) is 12.4. The molecule has 136 valence electrons. The molecule has 0 unspecified atom stereocenters. The summed E-state index contributed by atoms with van der Waals surface area (Å²) in [5.74, 6) is 2.68. The van der Waals surface area contributed by atoms with Crippen LogP contribution in [-0.2, 0) is 10.5 Å². The second-order valence-corrected chi connectivity index (χ2v) is 8.05. The topological polar surface area (TPSA) is 38.3 Å². The lowest BCUT2D eigenvalue weighted by Gasteiger charge is -2.13. The first-order chi connectivity index (χ1) is 12.7. The Hall–Kier alpha value is -1.98. The third kappa shape index (κ3) is 4.80. The van der Waals surface area contributed by atoms with E-state index in [4.69, 9.17) is 4.74 Å². The number of thiophene rings is 1. The average molecular weight is 386 g/mol. The van der Waals surface area contributed by atoms with Gasteiger partial charge in [0, 0.05) is 18.1 Å².